The van der Waals surface area contributed by atoms with Crippen LogP contribution in [0, 0.1) is 0 Å². The van der Waals surface area contributed by atoms with Crippen LogP contribution in [0.3, 0.4) is 0 Å². The van der Waals surface area contributed by atoms with Gasteiger partial charge in [0.25, 0.3) is 0 Å². The van der Waals surface area contributed by atoms with E-state index in [9.17, 15) is 4.79 Å². The number of carbonyl (C=O) groups excluding carboxylic acids is 1. The van der Waals surface area contributed by atoms with Crippen molar-refractivity contribution in [2.45, 2.75) is 18.7 Å². The highest BCUT2D eigenvalue weighted by Gasteiger charge is 2.15. The molecular formula is C14H22N2OS2. The second-order valence-corrected chi connectivity index (χ2v) is 6.26. The number of anilines is 1. The fourth-order valence-corrected chi connectivity index (χ4v) is 2.89. The predicted molar refractivity (Wildman–Crippen MR) is 88.3 cm³/mol. The smallest absolute Gasteiger partial charge is 0.321 e. The van der Waals surface area contributed by atoms with E-state index in [0.717, 1.165) is 17.2 Å². The fourth-order valence-electron chi connectivity index (χ4n) is 1.67. The van der Waals surface area contributed by atoms with Gasteiger partial charge < -0.3 is 10.2 Å². The lowest BCUT2D eigenvalue weighted by atomic mass is 10.2. The van der Waals surface area contributed by atoms with E-state index in [0.29, 0.717) is 0 Å². The summed E-state index contributed by atoms with van der Waals surface area (Å²) >= 11 is 3.52. The van der Waals surface area contributed by atoms with Gasteiger partial charge in [-0.2, -0.15) is 23.5 Å². The van der Waals surface area contributed by atoms with Crippen molar-refractivity contribution >= 4 is 35.2 Å². The minimum atomic E-state index is -0.0529. The molecule has 5 heteroatoms. The van der Waals surface area contributed by atoms with Crippen LogP contribution in [0.5, 0.6) is 0 Å². The lowest BCUT2D eigenvalue weighted by Crippen LogP contribution is -2.39. The first-order chi connectivity index (χ1) is 9.08. The van der Waals surface area contributed by atoms with Gasteiger partial charge in [0.1, 0.15) is 0 Å². The first kappa shape index (κ1) is 16.2. The quantitative estimate of drug-likeness (QED) is 0.868. The Bertz CT molecular complexity index is 412. The van der Waals surface area contributed by atoms with E-state index in [1.165, 1.54) is 5.56 Å². The summed E-state index contributed by atoms with van der Waals surface area (Å²) in [5.74, 6) is 1.90. The standard InChI is InChI=1S/C14H22N2OS2/c1-11(9-18-3)16(2)14(17)15-13-7-5-6-12(8-13)10-19-4/h5-8,11H,9-10H2,1-4H3,(H,15,17). The summed E-state index contributed by atoms with van der Waals surface area (Å²) in [6.45, 7) is 2.06. The topological polar surface area (TPSA) is 32.3 Å². The number of hydrogen-bond donors (Lipinski definition) is 1. The van der Waals surface area contributed by atoms with Gasteiger partial charge in [-0.3, -0.25) is 0 Å². The number of benzene rings is 1. The minimum absolute atomic E-state index is 0.0529. The number of hydrogen-bond acceptors (Lipinski definition) is 3. The Kier molecular flexibility index (Phi) is 7.16. The van der Waals surface area contributed by atoms with Crippen LogP contribution in [0.4, 0.5) is 10.5 Å². The van der Waals surface area contributed by atoms with Gasteiger partial charge in [-0.25, -0.2) is 4.79 Å². The molecule has 0 spiro atoms. The molecule has 106 valence electrons. The van der Waals surface area contributed by atoms with E-state index < -0.39 is 0 Å². The van der Waals surface area contributed by atoms with E-state index in [-0.39, 0.29) is 12.1 Å². The zero-order valence-electron chi connectivity index (χ0n) is 12.0. The first-order valence-electron chi connectivity index (χ1n) is 6.19. The van der Waals surface area contributed by atoms with Gasteiger partial charge in [-0.05, 0) is 37.1 Å². The van der Waals surface area contributed by atoms with Gasteiger partial charge in [0.15, 0.2) is 0 Å². The van der Waals surface area contributed by atoms with Crippen LogP contribution in [0.15, 0.2) is 24.3 Å². The van der Waals surface area contributed by atoms with E-state index in [4.69, 9.17) is 0 Å². The molecule has 2 amide bonds. The molecule has 1 aromatic carbocycles. The number of urea groups is 1. The Morgan fingerprint density at radius 2 is 2.11 bits per heavy atom. The molecule has 0 aromatic heterocycles. The molecule has 0 bridgehead atoms. The third-order valence-corrected chi connectivity index (χ3v) is 4.32. The maximum absolute atomic E-state index is 12.1. The lowest BCUT2D eigenvalue weighted by molar-refractivity contribution is 0.212. The molecule has 0 heterocycles. The number of nitrogens with zero attached hydrogens (tertiary/aromatic N) is 1. The monoisotopic (exact) mass is 298 g/mol. The highest BCUT2D eigenvalue weighted by Crippen LogP contribution is 2.15. The Hall–Kier alpha value is -0.810. The van der Waals surface area contributed by atoms with Gasteiger partial charge >= 0.3 is 6.03 Å². The van der Waals surface area contributed by atoms with Gasteiger partial charge in [0.2, 0.25) is 0 Å². The summed E-state index contributed by atoms with van der Waals surface area (Å²) in [4.78, 5) is 13.8. The van der Waals surface area contributed by atoms with Crippen molar-refractivity contribution in [2.24, 2.45) is 0 Å². The van der Waals surface area contributed by atoms with Crippen LogP contribution in [0.1, 0.15) is 12.5 Å². The molecule has 1 unspecified atom stereocenters. The van der Waals surface area contributed by atoms with Gasteiger partial charge in [0, 0.05) is 30.3 Å². The number of thioether (sulfide) groups is 2. The predicted octanol–water partition coefficient (Wildman–Crippen LogP) is 3.76. The maximum atomic E-state index is 12.1. The second kappa shape index (κ2) is 8.38. The molecule has 1 N–H and O–H groups in total. The van der Waals surface area contributed by atoms with Crippen molar-refractivity contribution in [2.75, 3.05) is 30.6 Å². The van der Waals surface area contributed by atoms with Crippen molar-refractivity contribution < 1.29 is 4.79 Å². The molecular weight excluding hydrogens is 276 g/mol. The zero-order chi connectivity index (χ0) is 14.3. The van der Waals surface area contributed by atoms with Crippen molar-refractivity contribution in [3.8, 4) is 0 Å². The summed E-state index contributed by atoms with van der Waals surface area (Å²) in [5, 5.41) is 2.95. The zero-order valence-corrected chi connectivity index (χ0v) is 13.6. The molecule has 0 aliphatic carbocycles. The SMILES string of the molecule is CSCc1cccc(NC(=O)N(C)C(C)CSC)c1. The maximum Gasteiger partial charge on any atom is 0.321 e. The Labute approximate surface area is 124 Å². The molecule has 0 saturated heterocycles. The summed E-state index contributed by atoms with van der Waals surface area (Å²) in [6, 6.07) is 8.18. The van der Waals surface area contributed by atoms with E-state index >= 15 is 0 Å². The molecule has 0 aliphatic rings. The van der Waals surface area contributed by atoms with Crippen LogP contribution in [-0.2, 0) is 5.75 Å². The normalized spacial score (nSPS) is 12.0. The average Bonchev–Trinajstić information content (AvgIpc) is 2.39. The molecule has 0 fully saturated rings. The second-order valence-electron chi connectivity index (χ2n) is 4.48. The Morgan fingerprint density at radius 1 is 1.37 bits per heavy atom. The van der Waals surface area contributed by atoms with Gasteiger partial charge in [-0.1, -0.05) is 12.1 Å². The van der Waals surface area contributed by atoms with Crippen LogP contribution in [-0.4, -0.2) is 42.3 Å². The number of nitrogens with one attached hydrogen (secondary N) is 1. The lowest BCUT2D eigenvalue weighted by Gasteiger charge is -2.24. The summed E-state index contributed by atoms with van der Waals surface area (Å²) in [6.07, 6.45) is 4.12. The largest absolute Gasteiger partial charge is 0.324 e. The molecule has 0 radical (unpaired) electrons. The molecule has 19 heavy (non-hydrogen) atoms. The molecule has 0 aliphatic heterocycles. The number of amides is 2. The fraction of sp³-hybridized carbons (Fsp3) is 0.500. The summed E-state index contributed by atoms with van der Waals surface area (Å²) in [5.41, 5.74) is 2.09. The van der Waals surface area contributed by atoms with Crippen molar-refractivity contribution in [1.82, 2.24) is 4.90 Å². The molecule has 1 aromatic rings. The van der Waals surface area contributed by atoms with Crippen molar-refractivity contribution in [1.29, 1.82) is 0 Å². The third-order valence-electron chi connectivity index (χ3n) is 2.88. The van der Waals surface area contributed by atoms with Gasteiger partial charge in [-0.15, -0.1) is 0 Å². The number of carbonyl (C=O) groups is 1. The average molecular weight is 298 g/mol. The van der Waals surface area contributed by atoms with Crippen molar-refractivity contribution in [3.63, 3.8) is 0 Å². The van der Waals surface area contributed by atoms with E-state index in [1.54, 1.807) is 28.4 Å². The number of rotatable bonds is 6. The molecule has 1 rings (SSSR count). The van der Waals surface area contributed by atoms with Gasteiger partial charge in [0.05, 0.1) is 0 Å². The van der Waals surface area contributed by atoms with E-state index in [2.05, 4.69) is 24.6 Å². The Morgan fingerprint density at radius 3 is 2.74 bits per heavy atom. The first-order valence-corrected chi connectivity index (χ1v) is 8.98. The van der Waals surface area contributed by atoms with Crippen LogP contribution in [0.25, 0.3) is 0 Å². The van der Waals surface area contributed by atoms with Crippen molar-refractivity contribution in [3.05, 3.63) is 29.8 Å². The molecule has 0 saturated carbocycles. The molecule has 1 atom stereocenters. The highest BCUT2D eigenvalue weighted by molar-refractivity contribution is 7.98. The van der Waals surface area contributed by atoms with E-state index in [1.807, 2.05) is 31.5 Å². The van der Waals surface area contributed by atoms with Crippen LogP contribution in [0.2, 0.25) is 0 Å². The summed E-state index contributed by atoms with van der Waals surface area (Å²) < 4.78 is 0. The summed E-state index contributed by atoms with van der Waals surface area (Å²) in [7, 11) is 1.84. The van der Waals surface area contributed by atoms with Crippen LogP contribution < -0.4 is 5.32 Å². The minimum Gasteiger partial charge on any atom is -0.324 e. The van der Waals surface area contributed by atoms with Crippen LogP contribution >= 0.6 is 23.5 Å². The molecule has 3 nitrogen and oxygen atoms in total. The third kappa shape index (κ3) is 5.37. The highest BCUT2D eigenvalue weighted by atomic mass is 32.2. The Balaban J connectivity index is 2.63.